The van der Waals surface area contributed by atoms with Crippen molar-refractivity contribution in [2.45, 2.75) is 24.9 Å². The fourth-order valence-corrected chi connectivity index (χ4v) is 2.95. The first-order valence-electron chi connectivity index (χ1n) is 7.37. The number of hydrogen-bond donors (Lipinski definition) is 1. The van der Waals surface area contributed by atoms with Gasteiger partial charge in [-0.3, -0.25) is 14.4 Å². The van der Waals surface area contributed by atoms with Crippen LogP contribution in [-0.2, 0) is 11.8 Å². The molecule has 0 radical (unpaired) electrons. The molecule has 2 heterocycles. The lowest BCUT2D eigenvalue weighted by atomic mass is 10.1. The summed E-state index contributed by atoms with van der Waals surface area (Å²) in [5, 5.41) is 7.27. The van der Waals surface area contributed by atoms with E-state index < -0.39 is 0 Å². The van der Waals surface area contributed by atoms with Crippen molar-refractivity contribution in [3.63, 3.8) is 0 Å². The molecule has 0 spiro atoms. The average molecular weight is 350 g/mol. The highest BCUT2D eigenvalue weighted by atomic mass is 35.5. The lowest BCUT2D eigenvalue weighted by Crippen LogP contribution is -2.51. The topological polar surface area (TPSA) is 53.4 Å². The highest BCUT2D eigenvalue weighted by molar-refractivity contribution is 5.85. The number of likely N-dealkylation sites (N-methyl/N-ethyl adjacent to an activating group) is 1. The van der Waals surface area contributed by atoms with Gasteiger partial charge in [-0.05, 0) is 19.9 Å². The largest absolute Gasteiger partial charge is 0.338 e. The monoisotopic (exact) mass is 349 g/mol. The first-order chi connectivity index (χ1) is 9.69. The molecule has 1 atom stereocenters. The van der Waals surface area contributed by atoms with Gasteiger partial charge in [0.15, 0.2) is 0 Å². The van der Waals surface area contributed by atoms with Crippen molar-refractivity contribution >= 4 is 30.7 Å². The van der Waals surface area contributed by atoms with Gasteiger partial charge in [-0.25, -0.2) is 0 Å². The van der Waals surface area contributed by atoms with Gasteiger partial charge in [0.1, 0.15) is 6.04 Å². The minimum Gasteiger partial charge on any atom is -0.338 e. The fourth-order valence-electron chi connectivity index (χ4n) is 2.95. The molecule has 3 rings (SSSR count). The van der Waals surface area contributed by atoms with E-state index in [-0.39, 0.29) is 36.8 Å². The Balaban J connectivity index is 0.00000121. The number of aryl methyl sites for hydroxylation is 1. The molecular weight excluding hydrogens is 325 g/mol. The van der Waals surface area contributed by atoms with Crippen LogP contribution in [0, 0.1) is 0 Å². The Hall–Kier alpha value is -0.820. The van der Waals surface area contributed by atoms with Crippen LogP contribution in [0.2, 0.25) is 0 Å². The molecule has 2 aliphatic rings. The second-order valence-corrected chi connectivity index (χ2v) is 5.76. The molecule has 1 saturated heterocycles. The molecule has 22 heavy (non-hydrogen) atoms. The number of hydrogen-bond acceptors (Lipinski definition) is 4. The normalized spacial score (nSPS) is 20.0. The Morgan fingerprint density at radius 2 is 1.91 bits per heavy atom. The number of carbonyl (C=O) groups excluding carboxylic acids is 1. The molecule has 1 unspecified atom stereocenters. The van der Waals surface area contributed by atoms with Gasteiger partial charge in [0.25, 0.3) is 0 Å². The smallest absolute Gasteiger partial charge is 0.244 e. The standard InChI is InChI=1S/C14H23N5O.2ClH/c1-15-13(11-9-16-17(2)10-11)14(20)19-7-5-18(6-8-19)12-3-4-12;;/h9-10,12-13,15H,3-8H2,1-2H3;2*1H. The number of amides is 1. The Morgan fingerprint density at radius 3 is 2.36 bits per heavy atom. The van der Waals surface area contributed by atoms with Crippen LogP contribution in [0.1, 0.15) is 24.4 Å². The van der Waals surface area contributed by atoms with E-state index in [2.05, 4.69) is 15.3 Å². The van der Waals surface area contributed by atoms with E-state index in [1.165, 1.54) is 12.8 Å². The molecule has 1 N–H and O–H groups in total. The van der Waals surface area contributed by atoms with Gasteiger partial charge in [-0.1, -0.05) is 0 Å². The highest BCUT2D eigenvalue weighted by Crippen LogP contribution is 2.27. The molecule has 2 fully saturated rings. The van der Waals surface area contributed by atoms with Crippen molar-refractivity contribution in [1.29, 1.82) is 0 Å². The molecule has 8 heteroatoms. The van der Waals surface area contributed by atoms with E-state index in [0.29, 0.717) is 0 Å². The number of nitrogens with one attached hydrogen (secondary N) is 1. The molecule has 1 aliphatic carbocycles. The maximum Gasteiger partial charge on any atom is 0.244 e. The number of aromatic nitrogens is 2. The van der Waals surface area contributed by atoms with Crippen LogP contribution < -0.4 is 5.32 Å². The SMILES string of the molecule is CNC(C(=O)N1CCN(C2CC2)CC1)c1cnn(C)c1.Cl.Cl. The molecule has 126 valence electrons. The summed E-state index contributed by atoms with van der Waals surface area (Å²) < 4.78 is 1.73. The van der Waals surface area contributed by atoms with Crippen LogP contribution in [0.25, 0.3) is 0 Å². The summed E-state index contributed by atoms with van der Waals surface area (Å²) in [6, 6.07) is 0.516. The number of rotatable bonds is 4. The molecule has 0 aromatic carbocycles. The van der Waals surface area contributed by atoms with Crippen molar-refractivity contribution in [1.82, 2.24) is 24.9 Å². The highest BCUT2D eigenvalue weighted by Gasteiger charge is 2.34. The maximum absolute atomic E-state index is 12.6. The van der Waals surface area contributed by atoms with Gasteiger partial charge < -0.3 is 10.2 Å². The molecule has 6 nitrogen and oxygen atoms in total. The van der Waals surface area contributed by atoms with Crippen LogP contribution in [0.15, 0.2) is 12.4 Å². The third-order valence-electron chi connectivity index (χ3n) is 4.28. The van der Waals surface area contributed by atoms with Crippen molar-refractivity contribution in [2.75, 3.05) is 33.2 Å². The van der Waals surface area contributed by atoms with Crippen LogP contribution in [0.5, 0.6) is 0 Å². The van der Waals surface area contributed by atoms with Gasteiger partial charge in [0.05, 0.1) is 6.20 Å². The third-order valence-corrected chi connectivity index (χ3v) is 4.28. The van der Waals surface area contributed by atoms with E-state index in [9.17, 15) is 4.79 Å². The number of carbonyl (C=O) groups is 1. The Bertz CT molecular complexity index is 483. The molecule has 0 bridgehead atoms. The van der Waals surface area contributed by atoms with Gasteiger partial charge in [0, 0.05) is 51.0 Å². The van der Waals surface area contributed by atoms with E-state index in [1.807, 2.05) is 25.2 Å². The summed E-state index contributed by atoms with van der Waals surface area (Å²) >= 11 is 0. The molecular formula is C14H25Cl2N5O. The Morgan fingerprint density at radius 1 is 1.27 bits per heavy atom. The second-order valence-electron chi connectivity index (χ2n) is 5.76. The number of piperazine rings is 1. The van der Waals surface area contributed by atoms with E-state index in [1.54, 1.807) is 10.9 Å². The zero-order valence-electron chi connectivity index (χ0n) is 13.1. The lowest BCUT2D eigenvalue weighted by Gasteiger charge is -2.36. The minimum atomic E-state index is -0.281. The summed E-state index contributed by atoms with van der Waals surface area (Å²) in [6.07, 6.45) is 6.34. The van der Waals surface area contributed by atoms with Crippen molar-refractivity contribution in [2.24, 2.45) is 7.05 Å². The van der Waals surface area contributed by atoms with Crippen LogP contribution in [0.3, 0.4) is 0 Å². The Kier molecular flexibility index (Phi) is 7.12. The summed E-state index contributed by atoms with van der Waals surface area (Å²) in [7, 11) is 3.70. The Labute approximate surface area is 144 Å². The van der Waals surface area contributed by atoms with Crippen molar-refractivity contribution < 1.29 is 4.79 Å². The maximum atomic E-state index is 12.6. The molecule has 1 aromatic heterocycles. The van der Waals surface area contributed by atoms with E-state index in [4.69, 9.17) is 0 Å². The minimum absolute atomic E-state index is 0. The van der Waals surface area contributed by atoms with Crippen molar-refractivity contribution in [3.05, 3.63) is 18.0 Å². The average Bonchev–Trinajstić information content (AvgIpc) is 3.23. The summed E-state index contributed by atoms with van der Waals surface area (Å²) in [6.45, 7) is 3.71. The lowest BCUT2D eigenvalue weighted by molar-refractivity contribution is -0.135. The number of halogens is 2. The van der Waals surface area contributed by atoms with Gasteiger partial charge in [-0.2, -0.15) is 5.10 Å². The third kappa shape index (κ3) is 4.13. The van der Waals surface area contributed by atoms with Crippen molar-refractivity contribution in [3.8, 4) is 0 Å². The number of nitrogens with zero attached hydrogens (tertiary/aromatic N) is 4. The zero-order valence-corrected chi connectivity index (χ0v) is 14.7. The predicted molar refractivity (Wildman–Crippen MR) is 90.7 cm³/mol. The predicted octanol–water partition coefficient (Wildman–Crippen LogP) is 0.831. The van der Waals surface area contributed by atoms with Gasteiger partial charge >= 0.3 is 0 Å². The first-order valence-corrected chi connectivity index (χ1v) is 7.37. The van der Waals surface area contributed by atoms with Crippen LogP contribution in [0.4, 0.5) is 0 Å². The fraction of sp³-hybridized carbons (Fsp3) is 0.714. The molecule has 1 saturated carbocycles. The summed E-state index contributed by atoms with van der Waals surface area (Å²) in [5.41, 5.74) is 0.935. The summed E-state index contributed by atoms with van der Waals surface area (Å²) in [4.78, 5) is 17.1. The molecule has 1 aliphatic heterocycles. The van der Waals surface area contributed by atoms with E-state index >= 15 is 0 Å². The first kappa shape index (κ1) is 19.2. The van der Waals surface area contributed by atoms with Crippen LogP contribution >= 0.6 is 24.8 Å². The molecule has 1 aromatic rings. The van der Waals surface area contributed by atoms with Gasteiger partial charge in [0.2, 0.25) is 5.91 Å². The van der Waals surface area contributed by atoms with Crippen LogP contribution in [-0.4, -0.2) is 64.8 Å². The second kappa shape index (κ2) is 8.15. The zero-order chi connectivity index (χ0) is 14.1. The van der Waals surface area contributed by atoms with E-state index in [0.717, 1.165) is 37.8 Å². The molecule has 1 amide bonds. The quantitative estimate of drug-likeness (QED) is 0.874. The summed E-state index contributed by atoms with van der Waals surface area (Å²) in [5.74, 6) is 0.163. The van der Waals surface area contributed by atoms with Gasteiger partial charge in [-0.15, -0.1) is 24.8 Å².